The molecule has 1 fully saturated rings. The number of pyridine rings is 1. The van der Waals surface area contributed by atoms with Crippen molar-refractivity contribution in [2.45, 2.75) is 0 Å². The Morgan fingerprint density at radius 2 is 1.87 bits per heavy atom. The number of aromatic nitrogens is 3. The summed E-state index contributed by atoms with van der Waals surface area (Å²) in [5.41, 5.74) is 2.77. The average molecular weight is 432 g/mol. The predicted octanol–water partition coefficient (Wildman–Crippen LogP) is 4.08. The topological polar surface area (TPSA) is 72.3 Å². The van der Waals surface area contributed by atoms with Gasteiger partial charge in [0, 0.05) is 37.2 Å². The lowest BCUT2D eigenvalue weighted by Crippen LogP contribution is -2.35. The maximum Gasteiger partial charge on any atom is 0.265 e. The second kappa shape index (κ2) is 8.71. The molecule has 3 aromatic heterocycles. The Morgan fingerprint density at radius 1 is 1.03 bits per heavy atom. The number of morpholine rings is 1. The molecule has 0 atom stereocenters. The Kier molecular flexibility index (Phi) is 5.47. The second-order valence-corrected chi connectivity index (χ2v) is 8.10. The molecule has 4 aromatic rings. The molecular weight excluding hydrogens is 410 g/mol. The van der Waals surface area contributed by atoms with Gasteiger partial charge in [0.05, 0.1) is 28.8 Å². The summed E-state index contributed by atoms with van der Waals surface area (Å²) in [5, 5.41) is 8.34. The van der Waals surface area contributed by atoms with Crippen LogP contribution in [0.4, 0.5) is 10.7 Å². The summed E-state index contributed by atoms with van der Waals surface area (Å²) in [6.45, 7) is 3.01. The molecule has 1 saturated heterocycles. The molecule has 0 bridgehead atoms. The highest BCUT2D eigenvalue weighted by Crippen LogP contribution is 2.39. The summed E-state index contributed by atoms with van der Waals surface area (Å²) in [4.78, 5) is 20.5. The number of benzene rings is 1. The number of carbonyl (C=O) groups is 1. The number of anilines is 2. The van der Waals surface area contributed by atoms with Crippen LogP contribution in [0.5, 0.6) is 0 Å². The number of ether oxygens (including phenoxy) is 1. The first kappa shape index (κ1) is 19.5. The summed E-state index contributed by atoms with van der Waals surface area (Å²) in [6, 6.07) is 17.6. The van der Waals surface area contributed by atoms with E-state index in [2.05, 4.69) is 32.4 Å². The van der Waals surface area contributed by atoms with E-state index in [-0.39, 0.29) is 5.91 Å². The number of thiophene rings is 1. The van der Waals surface area contributed by atoms with Gasteiger partial charge in [-0.3, -0.25) is 4.79 Å². The molecule has 1 amide bonds. The fourth-order valence-corrected chi connectivity index (χ4v) is 4.70. The number of hydrogen-bond donors (Lipinski definition) is 1. The molecule has 8 heteroatoms. The number of nitrogens with one attached hydrogen (secondary N) is 1. The Labute approximate surface area is 183 Å². The number of rotatable bonds is 5. The van der Waals surface area contributed by atoms with Crippen molar-refractivity contribution in [2.24, 2.45) is 0 Å². The monoisotopic (exact) mass is 431 g/mol. The molecule has 0 radical (unpaired) electrons. The van der Waals surface area contributed by atoms with Crippen LogP contribution in [0, 0.1) is 0 Å². The van der Waals surface area contributed by atoms with Crippen LogP contribution in [0.2, 0.25) is 0 Å². The highest BCUT2D eigenvalue weighted by atomic mass is 32.1. The molecule has 0 spiro atoms. The third kappa shape index (κ3) is 4.08. The second-order valence-electron chi connectivity index (χ2n) is 7.07. The SMILES string of the molecule is O=C(Nc1cccnc1-n1cccn1)c1cc(-c2ccccc2)c(N2CCOCC2)s1. The van der Waals surface area contributed by atoms with Gasteiger partial charge in [-0.15, -0.1) is 11.3 Å². The molecule has 1 N–H and O–H groups in total. The minimum absolute atomic E-state index is 0.164. The van der Waals surface area contributed by atoms with E-state index in [0.717, 1.165) is 29.2 Å². The first-order valence-electron chi connectivity index (χ1n) is 10.1. The van der Waals surface area contributed by atoms with Crippen LogP contribution in [-0.2, 0) is 4.74 Å². The summed E-state index contributed by atoms with van der Waals surface area (Å²) in [7, 11) is 0. The Hall–Kier alpha value is -3.49. The van der Waals surface area contributed by atoms with Crippen molar-refractivity contribution in [1.82, 2.24) is 14.8 Å². The quantitative estimate of drug-likeness (QED) is 0.515. The summed E-state index contributed by atoms with van der Waals surface area (Å²) < 4.78 is 7.15. The lowest BCUT2D eigenvalue weighted by molar-refractivity contribution is 0.103. The molecule has 0 unspecified atom stereocenters. The van der Waals surface area contributed by atoms with Crippen LogP contribution in [-0.4, -0.2) is 47.0 Å². The maximum absolute atomic E-state index is 13.2. The van der Waals surface area contributed by atoms with E-state index in [1.165, 1.54) is 11.3 Å². The number of hydrogen-bond acceptors (Lipinski definition) is 6. The number of carbonyl (C=O) groups excluding carboxylic acids is 1. The highest BCUT2D eigenvalue weighted by molar-refractivity contribution is 7.18. The van der Waals surface area contributed by atoms with Gasteiger partial charge in [0.25, 0.3) is 5.91 Å². The lowest BCUT2D eigenvalue weighted by Gasteiger charge is -2.28. The van der Waals surface area contributed by atoms with Gasteiger partial charge in [-0.2, -0.15) is 5.10 Å². The highest BCUT2D eigenvalue weighted by Gasteiger charge is 2.22. The van der Waals surface area contributed by atoms with Gasteiger partial charge < -0.3 is 15.0 Å². The van der Waals surface area contributed by atoms with Crippen molar-refractivity contribution in [3.63, 3.8) is 0 Å². The van der Waals surface area contributed by atoms with E-state index in [9.17, 15) is 4.79 Å². The zero-order chi connectivity index (χ0) is 21.0. The molecule has 0 aliphatic carbocycles. The van der Waals surface area contributed by atoms with E-state index in [0.29, 0.717) is 29.6 Å². The summed E-state index contributed by atoms with van der Waals surface area (Å²) in [6.07, 6.45) is 5.16. The van der Waals surface area contributed by atoms with Gasteiger partial charge in [0.1, 0.15) is 0 Å². The van der Waals surface area contributed by atoms with Crippen molar-refractivity contribution in [1.29, 1.82) is 0 Å². The Bertz CT molecular complexity index is 1170. The fraction of sp³-hybridized carbons (Fsp3) is 0.174. The van der Waals surface area contributed by atoms with Crippen molar-refractivity contribution in [3.05, 3.63) is 78.1 Å². The van der Waals surface area contributed by atoms with Crippen LogP contribution in [0.1, 0.15) is 9.67 Å². The van der Waals surface area contributed by atoms with Gasteiger partial charge in [-0.1, -0.05) is 30.3 Å². The van der Waals surface area contributed by atoms with E-state index in [4.69, 9.17) is 4.74 Å². The van der Waals surface area contributed by atoms with Gasteiger partial charge >= 0.3 is 0 Å². The zero-order valence-electron chi connectivity index (χ0n) is 16.8. The smallest absolute Gasteiger partial charge is 0.265 e. The van der Waals surface area contributed by atoms with Crippen molar-refractivity contribution in [2.75, 3.05) is 36.5 Å². The minimum atomic E-state index is -0.164. The van der Waals surface area contributed by atoms with E-state index < -0.39 is 0 Å². The minimum Gasteiger partial charge on any atom is -0.378 e. The molecule has 5 rings (SSSR count). The molecule has 156 valence electrons. The van der Waals surface area contributed by atoms with Gasteiger partial charge in [0.2, 0.25) is 0 Å². The fourth-order valence-electron chi connectivity index (χ4n) is 3.57. The molecule has 7 nitrogen and oxygen atoms in total. The van der Waals surface area contributed by atoms with Gasteiger partial charge in [-0.05, 0) is 29.8 Å². The molecule has 31 heavy (non-hydrogen) atoms. The first-order valence-corrected chi connectivity index (χ1v) is 10.9. The predicted molar refractivity (Wildman–Crippen MR) is 122 cm³/mol. The van der Waals surface area contributed by atoms with Crippen molar-refractivity contribution < 1.29 is 9.53 Å². The number of amides is 1. The summed E-state index contributed by atoms with van der Waals surface area (Å²) in [5.74, 6) is 0.414. The Morgan fingerprint density at radius 3 is 2.65 bits per heavy atom. The van der Waals surface area contributed by atoms with E-state index in [1.54, 1.807) is 29.3 Å². The maximum atomic E-state index is 13.2. The number of nitrogens with zero attached hydrogens (tertiary/aromatic N) is 4. The van der Waals surface area contributed by atoms with Gasteiger partial charge in [0.15, 0.2) is 5.82 Å². The van der Waals surface area contributed by atoms with Crippen LogP contribution in [0.15, 0.2) is 73.2 Å². The molecular formula is C23H21N5O2S. The van der Waals surface area contributed by atoms with Crippen LogP contribution >= 0.6 is 11.3 Å². The first-order chi connectivity index (χ1) is 15.3. The lowest BCUT2D eigenvalue weighted by atomic mass is 10.1. The molecule has 0 saturated carbocycles. The normalized spacial score (nSPS) is 13.9. The largest absolute Gasteiger partial charge is 0.378 e. The Balaban J connectivity index is 1.48. The zero-order valence-corrected chi connectivity index (χ0v) is 17.6. The molecule has 4 heterocycles. The van der Waals surface area contributed by atoms with E-state index >= 15 is 0 Å². The van der Waals surface area contributed by atoms with Crippen molar-refractivity contribution in [3.8, 4) is 16.9 Å². The van der Waals surface area contributed by atoms with E-state index in [1.807, 2.05) is 36.4 Å². The summed E-state index contributed by atoms with van der Waals surface area (Å²) >= 11 is 1.51. The van der Waals surface area contributed by atoms with Crippen molar-refractivity contribution >= 4 is 27.9 Å². The van der Waals surface area contributed by atoms with Crippen LogP contribution in [0.3, 0.4) is 0 Å². The molecule has 1 aliphatic rings. The third-order valence-electron chi connectivity index (χ3n) is 5.08. The molecule has 1 aromatic carbocycles. The standard InChI is InChI=1S/C23H21N5O2S/c29-22(26-19-8-4-9-24-21(19)28-11-5-10-25-28)20-16-18(17-6-2-1-3-7-17)23(31-20)27-12-14-30-15-13-27/h1-11,16H,12-15H2,(H,26,29). The van der Waals surface area contributed by atoms with Crippen LogP contribution in [0.25, 0.3) is 16.9 Å². The third-order valence-corrected chi connectivity index (χ3v) is 6.27. The average Bonchev–Trinajstić information content (AvgIpc) is 3.51. The van der Waals surface area contributed by atoms with Gasteiger partial charge in [-0.25, -0.2) is 9.67 Å². The van der Waals surface area contributed by atoms with Crippen LogP contribution < -0.4 is 10.2 Å². The molecule has 1 aliphatic heterocycles.